The second kappa shape index (κ2) is 8.24. The summed E-state index contributed by atoms with van der Waals surface area (Å²) in [5.74, 6) is 1.99. The highest BCUT2D eigenvalue weighted by molar-refractivity contribution is 8.00. The molecule has 3 rings (SSSR count). The average Bonchev–Trinajstić information content (AvgIpc) is 3.27. The summed E-state index contributed by atoms with van der Waals surface area (Å²) in [5.41, 5.74) is 2.37. The number of nitriles is 1. The molecule has 0 aliphatic heterocycles. The van der Waals surface area contributed by atoms with Crippen molar-refractivity contribution in [1.29, 1.82) is 5.26 Å². The fourth-order valence-corrected chi connectivity index (χ4v) is 3.66. The number of hydrogen-bond acceptors (Lipinski definition) is 5. The van der Waals surface area contributed by atoms with Crippen LogP contribution >= 0.6 is 11.8 Å². The molecule has 0 N–H and O–H groups in total. The Labute approximate surface area is 158 Å². The topological polar surface area (TPSA) is 67.6 Å². The Kier molecular flexibility index (Phi) is 5.79. The van der Waals surface area contributed by atoms with Crippen LogP contribution in [0.1, 0.15) is 42.5 Å². The quantitative estimate of drug-likeness (QED) is 0.573. The van der Waals surface area contributed by atoms with E-state index in [4.69, 9.17) is 4.42 Å². The number of hydrogen-bond donors (Lipinski definition) is 0. The van der Waals surface area contributed by atoms with Crippen LogP contribution in [0.5, 0.6) is 0 Å². The molecule has 0 saturated heterocycles. The van der Waals surface area contributed by atoms with Gasteiger partial charge in [0.25, 0.3) is 0 Å². The molecule has 6 heteroatoms. The summed E-state index contributed by atoms with van der Waals surface area (Å²) < 4.78 is 7.53. The summed E-state index contributed by atoms with van der Waals surface area (Å²) in [4.78, 5) is 0. The summed E-state index contributed by atoms with van der Waals surface area (Å²) in [5, 5.41) is 18.8. The largest absolute Gasteiger partial charge is 0.467 e. The molecule has 2 heterocycles. The van der Waals surface area contributed by atoms with Gasteiger partial charge in [-0.3, -0.25) is 4.57 Å². The Bertz CT molecular complexity index is 876. The van der Waals surface area contributed by atoms with Gasteiger partial charge in [0.1, 0.15) is 16.8 Å². The SMILES string of the molecule is Cc1ccc(C[C@H](C#N)Sc2nnc(C(C)C)n2Cc2ccco2)cc1. The normalized spacial score (nSPS) is 12.3. The number of rotatable bonds is 7. The lowest BCUT2D eigenvalue weighted by Crippen LogP contribution is -2.10. The molecular weight excluding hydrogens is 344 g/mol. The van der Waals surface area contributed by atoms with Gasteiger partial charge in [-0.05, 0) is 31.0 Å². The van der Waals surface area contributed by atoms with Gasteiger partial charge in [0.2, 0.25) is 0 Å². The summed E-state index contributed by atoms with van der Waals surface area (Å²) in [6.07, 6.45) is 2.34. The fourth-order valence-electron chi connectivity index (χ4n) is 2.70. The van der Waals surface area contributed by atoms with Gasteiger partial charge in [0.05, 0.1) is 18.9 Å². The minimum absolute atomic E-state index is 0.225. The fraction of sp³-hybridized carbons (Fsp3) is 0.350. The van der Waals surface area contributed by atoms with Crippen molar-refractivity contribution >= 4 is 11.8 Å². The minimum atomic E-state index is -0.225. The lowest BCUT2D eigenvalue weighted by Gasteiger charge is -2.13. The molecule has 0 aliphatic rings. The predicted molar refractivity (Wildman–Crippen MR) is 102 cm³/mol. The smallest absolute Gasteiger partial charge is 0.192 e. The van der Waals surface area contributed by atoms with Crippen molar-refractivity contribution in [3.05, 3.63) is 65.4 Å². The zero-order chi connectivity index (χ0) is 18.5. The minimum Gasteiger partial charge on any atom is -0.467 e. The van der Waals surface area contributed by atoms with Gasteiger partial charge in [-0.25, -0.2) is 0 Å². The van der Waals surface area contributed by atoms with Crippen LogP contribution in [0.15, 0.2) is 52.2 Å². The first kappa shape index (κ1) is 18.3. The molecule has 0 aliphatic carbocycles. The van der Waals surface area contributed by atoms with Crippen LogP contribution in [-0.2, 0) is 13.0 Å². The maximum Gasteiger partial charge on any atom is 0.192 e. The monoisotopic (exact) mass is 366 g/mol. The molecule has 0 unspecified atom stereocenters. The molecule has 0 amide bonds. The molecule has 0 fully saturated rings. The predicted octanol–water partition coefficient (Wildman–Crippen LogP) is 4.58. The Hall–Kier alpha value is -2.52. The zero-order valence-corrected chi connectivity index (χ0v) is 16.0. The Balaban J connectivity index is 1.81. The first-order valence-electron chi connectivity index (χ1n) is 8.64. The van der Waals surface area contributed by atoms with Gasteiger partial charge in [-0.2, -0.15) is 5.26 Å². The molecule has 5 nitrogen and oxygen atoms in total. The van der Waals surface area contributed by atoms with Crippen LogP contribution in [0.4, 0.5) is 0 Å². The van der Waals surface area contributed by atoms with Gasteiger partial charge in [-0.1, -0.05) is 55.4 Å². The van der Waals surface area contributed by atoms with Crippen molar-refractivity contribution in [2.24, 2.45) is 0 Å². The van der Waals surface area contributed by atoms with E-state index in [-0.39, 0.29) is 11.2 Å². The number of nitrogens with zero attached hydrogens (tertiary/aromatic N) is 4. The summed E-state index contributed by atoms with van der Waals surface area (Å²) in [7, 11) is 0. The zero-order valence-electron chi connectivity index (χ0n) is 15.2. The van der Waals surface area contributed by atoms with E-state index in [0.29, 0.717) is 13.0 Å². The number of aryl methyl sites for hydroxylation is 1. The summed E-state index contributed by atoms with van der Waals surface area (Å²) >= 11 is 1.46. The summed E-state index contributed by atoms with van der Waals surface area (Å²) in [6.45, 7) is 6.81. The lowest BCUT2D eigenvalue weighted by atomic mass is 10.1. The first-order valence-corrected chi connectivity index (χ1v) is 9.52. The molecule has 0 bridgehead atoms. The maximum atomic E-state index is 9.62. The number of benzene rings is 1. The average molecular weight is 366 g/mol. The Morgan fingerprint density at radius 2 is 1.96 bits per heavy atom. The van der Waals surface area contributed by atoms with Gasteiger partial charge < -0.3 is 4.42 Å². The van der Waals surface area contributed by atoms with Crippen LogP contribution in [0, 0.1) is 18.3 Å². The molecular formula is C20H22N4OS. The highest BCUT2D eigenvalue weighted by Crippen LogP contribution is 2.28. The summed E-state index contributed by atoms with van der Waals surface area (Å²) in [6, 6.07) is 14.5. The molecule has 0 saturated carbocycles. The van der Waals surface area contributed by atoms with Crippen molar-refractivity contribution in [2.45, 2.75) is 50.1 Å². The molecule has 1 aromatic carbocycles. The van der Waals surface area contributed by atoms with E-state index < -0.39 is 0 Å². The molecule has 26 heavy (non-hydrogen) atoms. The maximum absolute atomic E-state index is 9.62. The molecule has 3 aromatic rings. The van der Waals surface area contributed by atoms with Crippen LogP contribution in [0.25, 0.3) is 0 Å². The van der Waals surface area contributed by atoms with Gasteiger partial charge in [-0.15, -0.1) is 10.2 Å². The van der Waals surface area contributed by atoms with Crippen molar-refractivity contribution in [1.82, 2.24) is 14.8 Å². The van der Waals surface area contributed by atoms with Gasteiger partial charge >= 0.3 is 0 Å². The third kappa shape index (κ3) is 4.36. The first-order chi connectivity index (χ1) is 12.6. The lowest BCUT2D eigenvalue weighted by molar-refractivity contribution is 0.475. The van der Waals surface area contributed by atoms with Gasteiger partial charge in [0.15, 0.2) is 5.16 Å². The van der Waals surface area contributed by atoms with E-state index in [1.807, 2.05) is 16.7 Å². The highest BCUT2D eigenvalue weighted by Gasteiger charge is 2.20. The van der Waals surface area contributed by atoms with E-state index in [9.17, 15) is 5.26 Å². The van der Waals surface area contributed by atoms with Gasteiger partial charge in [0, 0.05) is 5.92 Å². The number of thioether (sulfide) groups is 1. The van der Waals surface area contributed by atoms with Crippen molar-refractivity contribution < 1.29 is 4.42 Å². The molecule has 0 spiro atoms. The van der Waals surface area contributed by atoms with E-state index in [2.05, 4.69) is 61.3 Å². The van der Waals surface area contributed by atoms with Crippen LogP contribution < -0.4 is 0 Å². The molecule has 1 atom stereocenters. The third-order valence-corrected chi connectivity index (χ3v) is 5.16. The molecule has 0 radical (unpaired) electrons. The Morgan fingerprint density at radius 1 is 1.19 bits per heavy atom. The third-order valence-electron chi connectivity index (χ3n) is 4.09. The van der Waals surface area contributed by atoms with E-state index in [1.54, 1.807) is 6.26 Å². The number of furan rings is 1. The standard InChI is InChI=1S/C20H22N4OS/c1-14(2)19-22-23-20(24(19)13-17-5-4-10-25-17)26-18(12-21)11-16-8-6-15(3)7-9-16/h4-10,14,18H,11,13H2,1-3H3/t18-/m1/s1. The van der Waals surface area contributed by atoms with E-state index in [0.717, 1.165) is 22.3 Å². The second-order valence-electron chi connectivity index (χ2n) is 6.59. The van der Waals surface area contributed by atoms with E-state index in [1.165, 1.54) is 17.3 Å². The second-order valence-corrected chi connectivity index (χ2v) is 7.76. The van der Waals surface area contributed by atoms with Crippen molar-refractivity contribution in [2.75, 3.05) is 0 Å². The molecule has 2 aromatic heterocycles. The highest BCUT2D eigenvalue weighted by atomic mass is 32.2. The van der Waals surface area contributed by atoms with Crippen LogP contribution in [0.2, 0.25) is 0 Å². The van der Waals surface area contributed by atoms with Crippen molar-refractivity contribution in [3.8, 4) is 6.07 Å². The van der Waals surface area contributed by atoms with Crippen LogP contribution in [0.3, 0.4) is 0 Å². The number of aromatic nitrogens is 3. The molecule has 134 valence electrons. The Morgan fingerprint density at radius 3 is 2.58 bits per heavy atom. The van der Waals surface area contributed by atoms with Crippen molar-refractivity contribution in [3.63, 3.8) is 0 Å². The van der Waals surface area contributed by atoms with Crippen LogP contribution in [-0.4, -0.2) is 20.0 Å². The van der Waals surface area contributed by atoms with E-state index >= 15 is 0 Å².